The van der Waals surface area contributed by atoms with E-state index in [4.69, 9.17) is 10.6 Å². The molecule has 0 aromatic carbocycles. The first kappa shape index (κ1) is 8.41. The number of nitrogen functional groups attached to an aromatic ring is 1. The highest BCUT2D eigenvalue weighted by Gasteiger charge is 2.04. The maximum Gasteiger partial charge on any atom is 0.285 e. The second-order valence-electron chi connectivity index (χ2n) is 1.93. The number of methoxy groups -OCH3 is 1. The summed E-state index contributed by atoms with van der Waals surface area (Å²) >= 11 is 0. The second kappa shape index (κ2) is 3.63. The van der Waals surface area contributed by atoms with E-state index in [0.717, 1.165) is 0 Å². The molecule has 1 amide bonds. The molecule has 0 saturated carbocycles. The van der Waals surface area contributed by atoms with Gasteiger partial charge in [0.05, 0.1) is 7.11 Å². The molecule has 1 aromatic heterocycles. The van der Waals surface area contributed by atoms with Gasteiger partial charge in [0.1, 0.15) is 0 Å². The fourth-order valence-electron chi connectivity index (χ4n) is 0.624. The third kappa shape index (κ3) is 1.67. The molecule has 0 aliphatic carbocycles. The number of aromatic nitrogens is 2. The van der Waals surface area contributed by atoms with Crippen LogP contribution in [-0.4, -0.2) is 23.2 Å². The summed E-state index contributed by atoms with van der Waals surface area (Å²) in [6, 6.07) is 2.99. The number of nitrogens with zero attached hydrogens (tertiary/aromatic N) is 2. The van der Waals surface area contributed by atoms with Crippen LogP contribution < -0.4 is 16.0 Å². The Balaban J connectivity index is 2.84. The molecular weight excluding hydrogens is 160 g/mol. The molecule has 3 N–H and O–H groups in total. The fraction of sp³-hybridized carbons (Fsp3) is 0.167. The number of hydrogen-bond donors (Lipinski definition) is 2. The van der Waals surface area contributed by atoms with Crippen LogP contribution in [-0.2, 0) is 0 Å². The number of amides is 1. The van der Waals surface area contributed by atoms with Gasteiger partial charge in [0.15, 0.2) is 5.69 Å². The molecule has 0 radical (unpaired) electrons. The van der Waals surface area contributed by atoms with Crippen molar-refractivity contribution >= 4 is 5.91 Å². The Hall–Kier alpha value is -1.69. The van der Waals surface area contributed by atoms with Crippen molar-refractivity contribution < 1.29 is 9.53 Å². The predicted molar refractivity (Wildman–Crippen MR) is 40.2 cm³/mol. The molecule has 1 heterocycles. The van der Waals surface area contributed by atoms with Crippen LogP contribution in [0.4, 0.5) is 0 Å². The zero-order chi connectivity index (χ0) is 8.97. The lowest BCUT2D eigenvalue weighted by Gasteiger charge is -1.98. The Kier molecular flexibility index (Phi) is 2.54. The van der Waals surface area contributed by atoms with Crippen molar-refractivity contribution in [3.05, 3.63) is 17.8 Å². The third-order valence-electron chi connectivity index (χ3n) is 1.21. The van der Waals surface area contributed by atoms with Gasteiger partial charge in [-0.05, 0) is 6.07 Å². The highest BCUT2D eigenvalue weighted by molar-refractivity contribution is 5.91. The van der Waals surface area contributed by atoms with Gasteiger partial charge < -0.3 is 4.74 Å². The second-order valence-corrected chi connectivity index (χ2v) is 1.93. The number of nitrogens with two attached hydrogens (primary N) is 1. The highest BCUT2D eigenvalue weighted by Crippen LogP contribution is 2.02. The van der Waals surface area contributed by atoms with Crippen LogP contribution in [0, 0.1) is 0 Å². The summed E-state index contributed by atoms with van der Waals surface area (Å²) < 4.78 is 4.75. The Morgan fingerprint density at radius 3 is 2.75 bits per heavy atom. The van der Waals surface area contributed by atoms with Crippen molar-refractivity contribution in [2.24, 2.45) is 5.84 Å². The fourth-order valence-corrected chi connectivity index (χ4v) is 0.624. The van der Waals surface area contributed by atoms with Crippen LogP contribution in [0.1, 0.15) is 10.5 Å². The maximum atomic E-state index is 10.8. The van der Waals surface area contributed by atoms with E-state index >= 15 is 0 Å². The van der Waals surface area contributed by atoms with Gasteiger partial charge in [-0.3, -0.25) is 10.2 Å². The third-order valence-corrected chi connectivity index (χ3v) is 1.21. The summed E-state index contributed by atoms with van der Waals surface area (Å²) in [5.41, 5.74) is 2.09. The summed E-state index contributed by atoms with van der Waals surface area (Å²) in [5.74, 6) is 4.75. The summed E-state index contributed by atoms with van der Waals surface area (Å²) in [7, 11) is 1.46. The molecule has 0 spiro atoms. The predicted octanol–water partition coefficient (Wildman–Crippen LogP) is -0.911. The van der Waals surface area contributed by atoms with Gasteiger partial charge in [-0.1, -0.05) is 0 Å². The van der Waals surface area contributed by atoms with Crippen LogP contribution in [0.25, 0.3) is 0 Å². The number of carbonyl (C=O) groups is 1. The van der Waals surface area contributed by atoms with E-state index in [1.54, 1.807) is 0 Å². The summed E-state index contributed by atoms with van der Waals surface area (Å²) in [6.07, 6.45) is 0. The van der Waals surface area contributed by atoms with E-state index in [1.807, 2.05) is 5.43 Å². The molecule has 0 fully saturated rings. The molecule has 0 aliphatic rings. The van der Waals surface area contributed by atoms with E-state index in [-0.39, 0.29) is 5.69 Å². The van der Waals surface area contributed by atoms with Gasteiger partial charge in [0.25, 0.3) is 5.91 Å². The maximum absolute atomic E-state index is 10.8. The average Bonchev–Trinajstić information content (AvgIpc) is 2.17. The molecular formula is C6H8N4O2. The minimum absolute atomic E-state index is 0.151. The van der Waals surface area contributed by atoms with Gasteiger partial charge in [-0.25, -0.2) is 5.84 Å². The number of nitrogens with one attached hydrogen (secondary N) is 1. The minimum Gasteiger partial charge on any atom is -0.480 e. The van der Waals surface area contributed by atoms with Gasteiger partial charge in [-0.15, -0.1) is 10.2 Å². The van der Waals surface area contributed by atoms with Crippen LogP contribution in [0.3, 0.4) is 0 Å². The summed E-state index contributed by atoms with van der Waals surface area (Å²) in [4.78, 5) is 10.8. The van der Waals surface area contributed by atoms with E-state index < -0.39 is 5.91 Å². The van der Waals surface area contributed by atoms with Gasteiger partial charge >= 0.3 is 0 Å². The Morgan fingerprint density at radius 2 is 2.33 bits per heavy atom. The first-order chi connectivity index (χ1) is 5.77. The summed E-state index contributed by atoms with van der Waals surface area (Å²) in [6.45, 7) is 0. The highest BCUT2D eigenvalue weighted by atomic mass is 16.5. The summed E-state index contributed by atoms with van der Waals surface area (Å²) in [5, 5.41) is 7.13. The molecule has 0 bridgehead atoms. The Bertz CT molecular complexity index is 271. The molecule has 1 rings (SSSR count). The normalized spacial score (nSPS) is 9.17. The topological polar surface area (TPSA) is 90.1 Å². The van der Waals surface area contributed by atoms with Crippen molar-refractivity contribution in [3.8, 4) is 5.88 Å². The zero-order valence-electron chi connectivity index (χ0n) is 6.44. The average molecular weight is 168 g/mol. The van der Waals surface area contributed by atoms with Crippen LogP contribution in [0.5, 0.6) is 5.88 Å². The monoisotopic (exact) mass is 168 g/mol. The zero-order valence-corrected chi connectivity index (χ0v) is 6.44. The molecule has 0 atom stereocenters. The quantitative estimate of drug-likeness (QED) is 0.339. The molecule has 0 unspecified atom stereocenters. The molecule has 64 valence electrons. The Labute approximate surface area is 68.7 Å². The van der Waals surface area contributed by atoms with Gasteiger partial charge in [-0.2, -0.15) is 0 Å². The lowest BCUT2D eigenvalue weighted by molar-refractivity contribution is 0.0947. The number of hydrogen-bond acceptors (Lipinski definition) is 5. The number of ether oxygens (including phenoxy) is 1. The van der Waals surface area contributed by atoms with E-state index in [2.05, 4.69) is 10.2 Å². The Morgan fingerprint density at radius 1 is 1.58 bits per heavy atom. The first-order valence-electron chi connectivity index (χ1n) is 3.16. The van der Waals surface area contributed by atoms with E-state index in [0.29, 0.717) is 5.88 Å². The van der Waals surface area contributed by atoms with Crippen molar-refractivity contribution in [1.82, 2.24) is 15.6 Å². The van der Waals surface area contributed by atoms with Crippen molar-refractivity contribution in [2.75, 3.05) is 7.11 Å². The van der Waals surface area contributed by atoms with Crippen LogP contribution in [0.15, 0.2) is 12.1 Å². The number of carbonyl (C=O) groups excluding carboxylic acids is 1. The van der Waals surface area contributed by atoms with Crippen molar-refractivity contribution in [1.29, 1.82) is 0 Å². The minimum atomic E-state index is -0.481. The molecule has 6 nitrogen and oxygen atoms in total. The smallest absolute Gasteiger partial charge is 0.285 e. The van der Waals surface area contributed by atoms with Crippen LogP contribution in [0.2, 0.25) is 0 Å². The van der Waals surface area contributed by atoms with Crippen LogP contribution >= 0.6 is 0 Å². The lowest BCUT2D eigenvalue weighted by Crippen LogP contribution is -2.30. The first-order valence-corrected chi connectivity index (χ1v) is 3.16. The van der Waals surface area contributed by atoms with Crippen molar-refractivity contribution in [2.45, 2.75) is 0 Å². The largest absolute Gasteiger partial charge is 0.480 e. The number of hydrazine groups is 1. The van der Waals surface area contributed by atoms with Gasteiger partial charge in [0, 0.05) is 6.07 Å². The standard InChI is InChI=1S/C6H8N4O2/c1-12-5-3-2-4(9-10-5)6(11)8-7/h2-3H,7H2,1H3,(H,8,11). The molecule has 12 heavy (non-hydrogen) atoms. The number of rotatable bonds is 2. The molecule has 1 aromatic rings. The van der Waals surface area contributed by atoms with Gasteiger partial charge in [0.2, 0.25) is 5.88 Å². The van der Waals surface area contributed by atoms with E-state index in [9.17, 15) is 4.79 Å². The molecule has 6 heteroatoms. The van der Waals surface area contributed by atoms with Crippen molar-refractivity contribution in [3.63, 3.8) is 0 Å². The SMILES string of the molecule is COc1ccc(C(=O)NN)nn1. The molecule has 0 saturated heterocycles. The molecule has 0 aliphatic heterocycles. The van der Waals surface area contributed by atoms with E-state index in [1.165, 1.54) is 19.2 Å². The lowest BCUT2D eigenvalue weighted by atomic mass is 10.4.